The number of halogens is 1. The third-order valence-electron chi connectivity index (χ3n) is 3.70. The zero-order valence-electron chi connectivity index (χ0n) is 12.9. The third-order valence-corrected chi connectivity index (χ3v) is 3.95. The lowest BCUT2D eigenvalue weighted by Gasteiger charge is -2.25. The van der Waals surface area contributed by atoms with Crippen LogP contribution in [0.15, 0.2) is 48.5 Å². The fourth-order valence-corrected chi connectivity index (χ4v) is 2.33. The molecule has 0 unspecified atom stereocenters. The normalized spacial score (nSPS) is 11.2. The van der Waals surface area contributed by atoms with E-state index in [2.05, 4.69) is 19.2 Å². The van der Waals surface area contributed by atoms with Crippen molar-refractivity contribution in [2.75, 3.05) is 12.3 Å². The Balaban J connectivity index is 1.92. The molecule has 0 spiro atoms. The minimum atomic E-state index is -0.151. The summed E-state index contributed by atoms with van der Waals surface area (Å²) in [5.74, 6) is 0.00631. The number of hydrogen-bond acceptors (Lipinski definition) is 2. The summed E-state index contributed by atoms with van der Waals surface area (Å²) < 4.78 is 0. The Morgan fingerprint density at radius 2 is 1.68 bits per heavy atom. The van der Waals surface area contributed by atoms with Gasteiger partial charge in [-0.15, -0.1) is 0 Å². The van der Waals surface area contributed by atoms with E-state index in [1.54, 1.807) is 12.1 Å². The van der Waals surface area contributed by atoms with Crippen LogP contribution < -0.4 is 11.1 Å². The van der Waals surface area contributed by atoms with Gasteiger partial charge in [0.05, 0.1) is 6.42 Å². The summed E-state index contributed by atoms with van der Waals surface area (Å²) in [6, 6.07) is 15.1. The highest BCUT2D eigenvalue weighted by molar-refractivity contribution is 6.30. The first-order chi connectivity index (χ1) is 10.4. The van der Waals surface area contributed by atoms with Gasteiger partial charge in [-0.05, 0) is 35.4 Å². The average molecular weight is 317 g/mol. The zero-order chi connectivity index (χ0) is 16.2. The van der Waals surface area contributed by atoms with Gasteiger partial charge in [0.25, 0.3) is 0 Å². The summed E-state index contributed by atoms with van der Waals surface area (Å²) in [4.78, 5) is 12.1. The maximum Gasteiger partial charge on any atom is 0.224 e. The van der Waals surface area contributed by atoms with Crippen LogP contribution >= 0.6 is 11.6 Å². The molecule has 0 radical (unpaired) electrons. The van der Waals surface area contributed by atoms with Crippen LogP contribution in [0.1, 0.15) is 25.0 Å². The second kappa shape index (κ2) is 6.84. The summed E-state index contributed by atoms with van der Waals surface area (Å²) in [6.07, 6.45) is 0.358. The van der Waals surface area contributed by atoms with Gasteiger partial charge in [-0.3, -0.25) is 4.79 Å². The molecule has 0 aromatic heterocycles. The van der Waals surface area contributed by atoms with E-state index >= 15 is 0 Å². The highest BCUT2D eigenvalue weighted by Crippen LogP contribution is 2.23. The van der Waals surface area contributed by atoms with Crippen molar-refractivity contribution in [3.8, 4) is 0 Å². The zero-order valence-corrected chi connectivity index (χ0v) is 13.7. The van der Waals surface area contributed by atoms with Gasteiger partial charge in [0, 0.05) is 22.7 Å². The second-order valence-corrected chi connectivity index (χ2v) is 6.52. The summed E-state index contributed by atoms with van der Waals surface area (Å²) >= 11 is 5.91. The molecule has 1 amide bonds. The Labute approximate surface area is 136 Å². The van der Waals surface area contributed by atoms with Crippen molar-refractivity contribution in [2.45, 2.75) is 25.7 Å². The van der Waals surface area contributed by atoms with Gasteiger partial charge in [0.15, 0.2) is 0 Å². The quantitative estimate of drug-likeness (QED) is 0.829. The van der Waals surface area contributed by atoms with Crippen LogP contribution in [0.2, 0.25) is 5.02 Å². The Bertz CT molecular complexity index is 633. The van der Waals surface area contributed by atoms with Gasteiger partial charge < -0.3 is 11.1 Å². The number of nitrogens with two attached hydrogens (primary N) is 1. The number of carbonyl (C=O) groups is 1. The topological polar surface area (TPSA) is 55.1 Å². The molecule has 0 fully saturated rings. The van der Waals surface area contributed by atoms with Crippen molar-refractivity contribution in [1.82, 2.24) is 5.32 Å². The molecule has 0 saturated carbocycles. The molecule has 0 heterocycles. The molecule has 0 atom stereocenters. The lowest BCUT2D eigenvalue weighted by atomic mass is 9.84. The van der Waals surface area contributed by atoms with Gasteiger partial charge >= 0.3 is 0 Å². The van der Waals surface area contributed by atoms with Gasteiger partial charge in [0.1, 0.15) is 0 Å². The SMILES string of the molecule is CC(C)(CNC(=O)Cc1ccc(N)cc1)c1ccc(Cl)cc1. The van der Waals surface area contributed by atoms with Crippen LogP contribution in [0.4, 0.5) is 5.69 Å². The number of anilines is 1. The first-order valence-corrected chi connectivity index (χ1v) is 7.62. The van der Waals surface area contributed by atoms with Crippen molar-refractivity contribution in [1.29, 1.82) is 0 Å². The maximum absolute atomic E-state index is 12.1. The molecule has 0 bridgehead atoms. The molecule has 4 heteroatoms. The second-order valence-electron chi connectivity index (χ2n) is 6.09. The summed E-state index contributed by atoms with van der Waals surface area (Å²) in [5, 5.41) is 3.71. The molecule has 2 aromatic carbocycles. The Morgan fingerprint density at radius 1 is 1.09 bits per heavy atom. The molecule has 0 aliphatic rings. The van der Waals surface area contributed by atoms with Gasteiger partial charge in [0.2, 0.25) is 5.91 Å². The maximum atomic E-state index is 12.1. The van der Waals surface area contributed by atoms with E-state index in [1.165, 1.54) is 0 Å². The first-order valence-electron chi connectivity index (χ1n) is 7.24. The van der Waals surface area contributed by atoms with Crippen LogP contribution in [0.5, 0.6) is 0 Å². The average Bonchev–Trinajstić information content (AvgIpc) is 2.48. The van der Waals surface area contributed by atoms with Crippen molar-refractivity contribution < 1.29 is 4.79 Å². The predicted molar refractivity (Wildman–Crippen MR) is 92.0 cm³/mol. The van der Waals surface area contributed by atoms with Crippen molar-refractivity contribution in [3.63, 3.8) is 0 Å². The molecule has 3 N–H and O–H groups in total. The summed E-state index contributed by atoms with van der Waals surface area (Å²) in [6.45, 7) is 4.77. The van der Waals surface area contributed by atoms with Crippen LogP contribution in [0.3, 0.4) is 0 Å². The number of rotatable bonds is 5. The fourth-order valence-electron chi connectivity index (χ4n) is 2.21. The minimum Gasteiger partial charge on any atom is -0.399 e. The Kier molecular flexibility index (Phi) is 5.09. The molecule has 2 rings (SSSR count). The molecular formula is C18H21ClN2O. The number of nitrogens with one attached hydrogen (secondary N) is 1. The minimum absolute atomic E-state index is 0.00631. The highest BCUT2D eigenvalue weighted by Gasteiger charge is 2.21. The molecular weight excluding hydrogens is 296 g/mol. The van der Waals surface area contributed by atoms with E-state index in [0.29, 0.717) is 23.7 Å². The van der Waals surface area contributed by atoms with Crippen LogP contribution in [0, 0.1) is 0 Å². The van der Waals surface area contributed by atoms with Gasteiger partial charge in [-0.1, -0.05) is 49.7 Å². The molecule has 0 saturated heterocycles. The lowest BCUT2D eigenvalue weighted by Crippen LogP contribution is -2.37. The molecule has 0 aliphatic carbocycles. The van der Waals surface area contributed by atoms with Crippen LogP contribution in [-0.2, 0) is 16.6 Å². The van der Waals surface area contributed by atoms with E-state index in [0.717, 1.165) is 11.1 Å². The van der Waals surface area contributed by atoms with Crippen molar-refractivity contribution in [3.05, 3.63) is 64.7 Å². The molecule has 22 heavy (non-hydrogen) atoms. The number of benzene rings is 2. The molecule has 3 nitrogen and oxygen atoms in total. The van der Waals surface area contributed by atoms with Crippen LogP contribution in [0.25, 0.3) is 0 Å². The van der Waals surface area contributed by atoms with Crippen LogP contribution in [-0.4, -0.2) is 12.5 Å². The molecule has 2 aromatic rings. The summed E-state index contributed by atoms with van der Waals surface area (Å²) in [5.41, 5.74) is 8.29. The number of amides is 1. The fraction of sp³-hybridized carbons (Fsp3) is 0.278. The monoisotopic (exact) mass is 316 g/mol. The van der Waals surface area contributed by atoms with Crippen molar-refractivity contribution >= 4 is 23.2 Å². The molecule has 0 aliphatic heterocycles. The van der Waals surface area contributed by atoms with Crippen molar-refractivity contribution in [2.24, 2.45) is 0 Å². The van der Waals surface area contributed by atoms with E-state index in [4.69, 9.17) is 17.3 Å². The van der Waals surface area contributed by atoms with E-state index in [9.17, 15) is 4.79 Å². The third kappa shape index (κ3) is 4.50. The number of carbonyl (C=O) groups excluding carboxylic acids is 1. The highest BCUT2D eigenvalue weighted by atomic mass is 35.5. The predicted octanol–water partition coefficient (Wildman–Crippen LogP) is 3.56. The van der Waals surface area contributed by atoms with Gasteiger partial charge in [-0.25, -0.2) is 0 Å². The summed E-state index contributed by atoms with van der Waals surface area (Å²) in [7, 11) is 0. The first kappa shape index (κ1) is 16.4. The lowest BCUT2D eigenvalue weighted by molar-refractivity contribution is -0.120. The van der Waals surface area contributed by atoms with E-state index < -0.39 is 0 Å². The number of nitrogen functional groups attached to an aromatic ring is 1. The standard InChI is InChI=1S/C18H21ClN2O/c1-18(2,14-5-7-15(19)8-6-14)12-21-17(22)11-13-3-9-16(20)10-4-13/h3-10H,11-12,20H2,1-2H3,(H,21,22). The van der Waals surface area contributed by atoms with Gasteiger partial charge in [-0.2, -0.15) is 0 Å². The van der Waals surface area contributed by atoms with E-state index in [-0.39, 0.29) is 11.3 Å². The van der Waals surface area contributed by atoms with E-state index in [1.807, 2.05) is 36.4 Å². The number of hydrogen-bond donors (Lipinski definition) is 2. The largest absolute Gasteiger partial charge is 0.399 e. The molecule has 116 valence electrons. The Morgan fingerprint density at radius 3 is 2.27 bits per heavy atom. The smallest absolute Gasteiger partial charge is 0.224 e. The Hall–Kier alpha value is -2.00.